The van der Waals surface area contributed by atoms with E-state index in [2.05, 4.69) is 16.0 Å². The predicted octanol–water partition coefficient (Wildman–Crippen LogP) is 4.54. The second kappa shape index (κ2) is 9.59. The van der Waals surface area contributed by atoms with Gasteiger partial charge < -0.3 is 15.0 Å². The molecule has 2 fully saturated rings. The maximum Gasteiger partial charge on any atom is 0.416 e. The van der Waals surface area contributed by atoms with Crippen molar-refractivity contribution >= 4 is 5.91 Å². The van der Waals surface area contributed by atoms with Gasteiger partial charge >= 0.3 is 6.18 Å². The number of aromatic nitrogens is 3. The van der Waals surface area contributed by atoms with Crippen LogP contribution in [0.4, 0.5) is 13.2 Å². The topological polar surface area (TPSA) is 99.2 Å². The Morgan fingerprint density at radius 2 is 1.92 bits per heavy atom. The predicted molar refractivity (Wildman–Crippen MR) is 136 cm³/mol. The summed E-state index contributed by atoms with van der Waals surface area (Å²) in [6.07, 6.45) is 4.28. The molecule has 1 atom stereocenters. The molecule has 7 nitrogen and oxygen atoms in total. The van der Waals surface area contributed by atoms with Crippen molar-refractivity contribution in [2.75, 3.05) is 6.54 Å². The van der Waals surface area contributed by atoms with Crippen LogP contribution >= 0.6 is 0 Å². The summed E-state index contributed by atoms with van der Waals surface area (Å²) in [7, 11) is 0. The Morgan fingerprint density at radius 3 is 2.64 bits per heavy atom. The van der Waals surface area contributed by atoms with Crippen LogP contribution in [-0.4, -0.2) is 37.4 Å². The minimum atomic E-state index is -4.59. The molecule has 1 aromatic carbocycles. The number of nitrogens with zero attached hydrogens (tertiary/aromatic N) is 3. The van der Waals surface area contributed by atoms with Crippen LogP contribution in [0.1, 0.15) is 89.9 Å². The summed E-state index contributed by atoms with van der Waals surface area (Å²) in [5.41, 5.74) is 1.45. The zero-order valence-electron chi connectivity index (χ0n) is 21.3. The number of halogens is 3. The summed E-state index contributed by atoms with van der Waals surface area (Å²) in [6, 6.07) is 6.30. The number of benzene rings is 1. The number of carbonyl (C=O) groups excluding carboxylic acids is 1. The highest BCUT2D eigenvalue weighted by Gasteiger charge is 2.49. The number of aliphatic hydroxyl groups is 1. The van der Waals surface area contributed by atoms with E-state index >= 15 is 0 Å². The number of aliphatic hydroxyl groups excluding tert-OH is 1. The number of alkyl halides is 3. The van der Waals surface area contributed by atoms with Gasteiger partial charge in [-0.2, -0.15) is 13.2 Å². The largest absolute Gasteiger partial charge is 0.416 e. The Morgan fingerprint density at radius 1 is 1.15 bits per heavy atom. The first kappa shape index (κ1) is 25.7. The van der Waals surface area contributed by atoms with E-state index in [0.717, 1.165) is 36.6 Å². The Kier molecular flexibility index (Phi) is 6.32. The Hall–Kier alpha value is -3.53. The molecule has 1 amide bonds. The summed E-state index contributed by atoms with van der Waals surface area (Å²) in [4.78, 5) is 39.8. The van der Waals surface area contributed by atoms with Crippen molar-refractivity contribution in [3.8, 4) is 0 Å². The molecule has 3 aliphatic rings. The standard InChI is InChI=1S/C29H29F3N4O3/c30-29(31,32)20-7-3-6-18(12-20)24(37)26(39)36-11-8-23-22(16-36)25(38)35-27(34-23)28(9-10-28)21-13-19(14-33-15-21)17-4-1-2-5-17/h3,6-7,12-15,17,24,37H,1-2,4-5,8-11,16H2,(H,34,35,38). The number of pyridine rings is 1. The average molecular weight is 539 g/mol. The number of hydrogen-bond donors (Lipinski definition) is 2. The highest BCUT2D eigenvalue weighted by Crippen LogP contribution is 2.52. The molecule has 2 aliphatic carbocycles. The molecule has 204 valence electrons. The molecule has 0 bridgehead atoms. The van der Waals surface area contributed by atoms with E-state index in [-0.39, 0.29) is 29.6 Å². The summed E-state index contributed by atoms with van der Waals surface area (Å²) < 4.78 is 39.3. The van der Waals surface area contributed by atoms with E-state index in [1.807, 2.05) is 12.4 Å². The van der Waals surface area contributed by atoms with Gasteiger partial charge in [-0.25, -0.2) is 4.98 Å². The lowest BCUT2D eigenvalue weighted by Gasteiger charge is -2.30. The van der Waals surface area contributed by atoms with Crippen LogP contribution in [-0.2, 0) is 29.4 Å². The van der Waals surface area contributed by atoms with E-state index in [9.17, 15) is 27.9 Å². The van der Waals surface area contributed by atoms with E-state index in [4.69, 9.17) is 4.98 Å². The van der Waals surface area contributed by atoms with Crippen LogP contribution in [0.5, 0.6) is 0 Å². The zero-order chi connectivity index (χ0) is 27.4. The normalized spacial score (nSPS) is 19.5. The highest BCUT2D eigenvalue weighted by atomic mass is 19.4. The molecule has 39 heavy (non-hydrogen) atoms. The summed E-state index contributed by atoms with van der Waals surface area (Å²) in [6.45, 7) is 0.127. The van der Waals surface area contributed by atoms with Crippen LogP contribution in [0.2, 0.25) is 0 Å². The quantitative estimate of drug-likeness (QED) is 0.497. The second-order valence-electron chi connectivity index (χ2n) is 10.9. The third kappa shape index (κ3) is 4.75. The van der Waals surface area contributed by atoms with Crippen LogP contribution in [0.25, 0.3) is 0 Å². The fourth-order valence-corrected chi connectivity index (χ4v) is 6.03. The third-order valence-electron chi connectivity index (χ3n) is 8.49. The number of fused-ring (bicyclic) bond motifs is 1. The van der Waals surface area contributed by atoms with Crippen LogP contribution in [0.15, 0.2) is 47.5 Å². The number of rotatable bonds is 5. The SMILES string of the molecule is O=C(C(O)c1cccc(C(F)(F)F)c1)N1CCc2nc(C3(c4cncc(C5CCCC5)c4)CC3)[nH]c(=O)c2C1. The van der Waals surface area contributed by atoms with Crippen molar-refractivity contribution in [3.05, 3.63) is 92.4 Å². The number of H-pyrrole nitrogens is 1. The summed E-state index contributed by atoms with van der Waals surface area (Å²) in [5.74, 6) is 0.385. The summed E-state index contributed by atoms with van der Waals surface area (Å²) >= 11 is 0. The maximum atomic E-state index is 13.2. The number of hydrogen-bond acceptors (Lipinski definition) is 5. The van der Waals surface area contributed by atoms with E-state index in [0.29, 0.717) is 29.4 Å². The van der Waals surface area contributed by atoms with Crippen molar-refractivity contribution in [1.82, 2.24) is 19.9 Å². The zero-order valence-corrected chi connectivity index (χ0v) is 21.3. The number of aromatic amines is 1. The maximum absolute atomic E-state index is 13.2. The Labute approximate surface area is 223 Å². The van der Waals surface area contributed by atoms with Gasteiger partial charge in [-0.1, -0.05) is 31.0 Å². The highest BCUT2D eigenvalue weighted by molar-refractivity contribution is 5.82. The van der Waals surface area contributed by atoms with Gasteiger partial charge in [-0.15, -0.1) is 0 Å². The lowest BCUT2D eigenvalue weighted by molar-refractivity contribution is -0.142. The lowest BCUT2D eigenvalue weighted by Crippen LogP contribution is -2.42. The molecular formula is C29H29F3N4O3. The molecule has 2 aromatic heterocycles. The number of nitrogens with one attached hydrogen (secondary N) is 1. The molecular weight excluding hydrogens is 509 g/mol. The number of carbonyl (C=O) groups is 1. The molecule has 6 rings (SSSR count). The van der Waals surface area contributed by atoms with Gasteiger partial charge in [0.15, 0.2) is 6.10 Å². The Bertz CT molecular complexity index is 1480. The molecule has 2 N–H and O–H groups in total. The number of amides is 1. The first-order valence-corrected chi connectivity index (χ1v) is 13.4. The second-order valence-corrected chi connectivity index (χ2v) is 10.9. The van der Waals surface area contributed by atoms with Gasteiger partial charge in [0.2, 0.25) is 0 Å². The minimum Gasteiger partial charge on any atom is -0.378 e. The van der Waals surface area contributed by atoms with Crippen molar-refractivity contribution in [2.24, 2.45) is 0 Å². The molecule has 10 heteroatoms. The van der Waals surface area contributed by atoms with Gasteiger partial charge in [-0.3, -0.25) is 14.6 Å². The molecule has 1 aliphatic heterocycles. The van der Waals surface area contributed by atoms with E-state index < -0.39 is 23.8 Å². The summed E-state index contributed by atoms with van der Waals surface area (Å²) in [5, 5.41) is 10.6. The van der Waals surface area contributed by atoms with Crippen molar-refractivity contribution < 1.29 is 23.1 Å². The molecule has 1 unspecified atom stereocenters. The van der Waals surface area contributed by atoms with Crippen molar-refractivity contribution in [3.63, 3.8) is 0 Å². The molecule has 2 saturated carbocycles. The minimum absolute atomic E-state index is 0.0709. The van der Waals surface area contributed by atoms with Crippen LogP contribution < -0.4 is 5.56 Å². The van der Waals surface area contributed by atoms with Crippen LogP contribution in [0, 0.1) is 0 Å². The molecule has 0 spiro atoms. The molecule has 0 radical (unpaired) electrons. The fourth-order valence-electron chi connectivity index (χ4n) is 6.03. The monoisotopic (exact) mass is 538 g/mol. The van der Waals surface area contributed by atoms with E-state index in [1.165, 1.54) is 42.2 Å². The van der Waals surface area contributed by atoms with Crippen molar-refractivity contribution in [1.29, 1.82) is 0 Å². The fraction of sp³-hybridized carbons (Fsp3) is 0.448. The smallest absolute Gasteiger partial charge is 0.378 e. The van der Waals surface area contributed by atoms with Gasteiger partial charge in [-0.05, 0) is 60.4 Å². The molecule has 0 saturated heterocycles. The molecule has 3 heterocycles. The Balaban J connectivity index is 1.23. The van der Waals surface area contributed by atoms with Gasteiger partial charge in [0.05, 0.1) is 28.8 Å². The average Bonchev–Trinajstić information content (AvgIpc) is 3.57. The van der Waals surface area contributed by atoms with Crippen LogP contribution in [0.3, 0.4) is 0 Å². The van der Waals surface area contributed by atoms with Crippen molar-refractivity contribution in [2.45, 2.75) is 75.1 Å². The van der Waals surface area contributed by atoms with Gasteiger partial charge in [0.25, 0.3) is 11.5 Å². The van der Waals surface area contributed by atoms with Gasteiger partial charge in [0.1, 0.15) is 5.82 Å². The first-order chi connectivity index (χ1) is 18.7. The molecule has 3 aromatic rings. The van der Waals surface area contributed by atoms with Gasteiger partial charge in [0, 0.05) is 25.4 Å². The third-order valence-corrected chi connectivity index (χ3v) is 8.49. The first-order valence-electron chi connectivity index (χ1n) is 13.4. The van der Waals surface area contributed by atoms with E-state index in [1.54, 1.807) is 0 Å². The lowest BCUT2D eigenvalue weighted by atomic mass is 9.91.